The predicted molar refractivity (Wildman–Crippen MR) is 110 cm³/mol. The molecule has 0 spiro atoms. The SMILES string of the molecule is CCNC(=NCc1cccc(OCC(F)F)c1)N1CCN(C(=O)C2CCCO2)CC1. The predicted octanol–water partition coefficient (Wildman–Crippen LogP) is 2.12. The van der Waals surface area contributed by atoms with Crippen LogP contribution in [0.5, 0.6) is 5.75 Å². The summed E-state index contributed by atoms with van der Waals surface area (Å²) in [5, 5.41) is 3.29. The van der Waals surface area contributed by atoms with E-state index < -0.39 is 13.0 Å². The zero-order valence-corrected chi connectivity index (χ0v) is 17.4. The van der Waals surface area contributed by atoms with Crippen LogP contribution in [-0.4, -0.2) is 80.1 Å². The third kappa shape index (κ3) is 6.29. The molecule has 2 aliphatic rings. The van der Waals surface area contributed by atoms with Crippen LogP contribution in [0.2, 0.25) is 0 Å². The lowest BCUT2D eigenvalue weighted by Crippen LogP contribution is -2.55. The number of rotatable bonds is 7. The minimum atomic E-state index is -2.50. The van der Waals surface area contributed by atoms with Gasteiger partial charge in [-0.25, -0.2) is 13.8 Å². The van der Waals surface area contributed by atoms with Crippen molar-refractivity contribution >= 4 is 11.9 Å². The standard InChI is InChI=1S/C21H30F2N4O3/c1-2-24-21(25-14-16-5-3-6-17(13-16)30-15-19(22)23)27-10-8-26(9-11-27)20(28)18-7-4-12-29-18/h3,5-6,13,18-19H,2,4,7-12,14-15H2,1H3,(H,24,25). The molecule has 1 N–H and O–H groups in total. The van der Waals surface area contributed by atoms with Crippen molar-refractivity contribution in [3.05, 3.63) is 29.8 Å². The molecule has 1 amide bonds. The highest BCUT2D eigenvalue weighted by Crippen LogP contribution is 2.17. The fourth-order valence-corrected chi connectivity index (χ4v) is 3.60. The number of amides is 1. The molecule has 0 saturated carbocycles. The molecule has 1 unspecified atom stereocenters. The van der Waals surface area contributed by atoms with Gasteiger partial charge in [0.1, 0.15) is 18.5 Å². The number of carbonyl (C=O) groups excluding carboxylic acids is 1. The van der Waals surface area contributed by atoms with Crippen LogP contribution in [0, 0.1) is 0 Å². The first kappa shape index (κ1) is 22.3. The first-order valence-corrected chi connectivity index (χ1v) is 10.5. The molecule has 2 heterocycles. The highest BCUT2D eigenvalue weighted by Gasteiger charge is 2.30. The Balaban J connectivity index is 1.56. The summed E-state index contributed by atoms with van der Waals surface area (Å²) in [5.74, 6) is 1.28. The summed E-state index contributed by atoms with van der Waals surface area (Å²) in [6.07, 6.45) is -1.03. The lowest BCUT2D eigenvalue weighted by atomic mass is 10.2. The normalized spacial score (nSPS) is 20.0. The van der Waals surface area contributed by atoms with Crippen molar-refractivity contribution in [1.82, 2.24) is 15.1 Å². The highest BCUT2D eigenvalue weighted by molar-refractivity contribution is 5.82. The van der Waals surface area contributed by atoms with Crippen LogP contribution in [0.15, 0.2) is 29.3 Å². The fourth-order valence-electron chi connectivity index (χ4n) is 3.60. The second-order valence-electron chi connectivity index (χ2n) is 7.33. The second kappa shape index (κ2) is 11.1. The van der Waals surface area contributed by atoms with Gasteiger partial charge in [-0.05, 0) is 37.5 Å². The van der Waals surface area contributed by atoms with Gasteiger partial charge in [0, 0.05) is 39.3 Å². The average molecular weight is 424 g/mol. The Bertz CT molecular complexity index is 718. The summed E-state index contributed by atoms with van der Waals surface area (Å²) in [7, 11) is 0. The van der Waals surface area contributed by atoms with Gasteiger partial charge in [-0.15, -0.1) is 0 Å². The van der Waals surface area contributed by atoms with E-state index in [0.29, 0.717) is 45.1 Å². The van der Waals surface area contributed by atoms with E-state index in [-0.39, 0.29) is 12.0 Å². The Morgan fingerprint density at radius 2 is 2.07 bits per heavy atom. The Kier molecular flexibility index (Phi) is 8.24. The molecule has 2 aliphatic heterocycles. The van der Waals surface area contributed by atoms with Gasteiger partial charge in [-0.3, -0.25) is 4.79 Å². The highest BCUT2D eigenvalue weighted by atomic mass is 19.3. The van der Waals surface area contributed by atoms with E-state index in [1.165, 1.54) is 0 Å². The van der Waals surface area contributed by atoms with Gasteiger partial charge in [0.25, 0.3) is 12.3 Å². The molecule has 166 valence electrons. The van der Waals surface area contributed by atoms with Crippen LogP contribution in [0.3, 0.4) is 0 Å². The molecule has 0 radical (unpaired) electrons. The number of alkyl halides is 2. The van der Waals surface area contributed by atoms with Crippen LogP contribution < -0.4 is 10.1 Å². The molecule has 7 nitrogen and oxygen atoms in total. The van der Waals surface area contributed by atoms with Crippen molar-refractivity contribution in [2.75, 3.05) is 45.9 Å². The minimum Gasteiger partial charge on any atom is -0.488 e. The molecular weight excluding hydrogens is 394 g/mol. The van der Waals surface area contributed by atoms with Crippen LogP contribution >= 0.6 is 0 Å². The summed E-state index contributed by atoms with van der Waals surface area (Å²) < 4.78 is 35.3. The van der Waals surface area contributed by atoms with Crippen molar-refractivity contribution in [2.24, 2.45) is 4.99 Å². The summed E-state index contributed by atoms with van der Waals surface area (Å²) in [6.45, 7) is 5.86. The monoisotopic (exact) mass is 424 g/mol. The maximum atomic E-state index is 12.5. The summed E-state index contributed by atoms with van der Waals surface area (Å²) >= 11 is 0. The fraction of sp³-hybridized carbons (Fsp3) is 0.619. The number of benzene rings is 1. The van der Waals surface area contributed by atoms with E-state index in [4.69, 9.17) is 14.5 Å². The van der Waals surface area contributed by atoms with Crippen LogP contribution in [0.1, 0.15) is 25.3 Å². The Morgan fingerprint density at radius 3 is 2.73 bits per heavy atom. The quantitative estimate of drug-likeness (QED) is 0.537. The molecular formula is C21H30F2N4O3. The van der Waals surface area contributed by atoms with E-state index in [1.54, 1.807) is 18.2 Å². The maximum absolute atomic E-state index is 12.5. The number of halogens is 2. The topological polar surface area (TPSA) is 66.4 Å². The first-order chi connectivity index (χ1) is 14.6. The van der Waals surface area contributed by atoms with E-state index in [2.05, 4.69) is 10.2 Å². The molecule has 2 saturated heterocycles. The van der Waals surface area contributed by atoms with Crippen LogP contribution in [-0.2, 0) is 16.1 Å². The van der Waals surface area contributed by atoms with E-state index in [1.807, 2.05) is 17.9 Å². The molecule has 1 aromatic carbocycles. The Morgan fingerprint density at radius 1 is 1.30 bits per heavy atom. The molecule has 1 aromatic rings. The molecule has 30 heavy (non-hydrogen) atoms. The summed E-state index contributed by atoms with van der Waals surface area (Å²) in [4.78, 5) is 21.2. The lowest BCUT2D eigenvalue weighted by molar-refractivity contribution is -0.142. The van der Waals surface area contributed by atoms with Crippen molar-refractivity contribution in [3.8, 4) is 5.75 Å². The van der Waals surface area contributed by atoms with E-state index >= 15 is 0 Å². The molecule has 9 heteroatoms. The molecule has 1 atom stereocenters. The third-order valence-corrected chi connectivity index (χ3v) is 5.12. The summed E-state index contributed by atoms with van der Waals surface area (Å²) in [5.41, 5.74) is 0.879. The van der Waals surface area contributed by atoms with Gasteiger partial charge in [0.2, 0.25) is 0 Å². The lowest BCUT2D eigenvalue weighted by Gasteiger charge is -2.37. The van der Waals surface area contributed by atoms with Gasteiger partial charge in [0.05, 0.1) is 6.54 Å². The molecule has 0 bridgehead atoms. The van der Waals surface area contributed by atoms with Crippen molar-refractivity contribution in [1.29, 1.82) is 0 Å². The van der Waals surface area contributed by atoms with Crippen molar-refractivity contribution in [3.63, 3.8) is 0 Å². The largest absolute Gasteiger partial charge is 0.488 e. The minimum absolute atomic E-state index is 0.0923. The second-order valence-corrected chi connectivity index (χ2v) is 7.33. The number of hydrogen-bond donors (Lipinski definition) is 1. The maximum Gasteiger partial charge on any atom is 0.272 e. The van der Waals surface area contributed by atoms with Crippen molar-refractivity contribution in [2.45, 2.75) is 38.8 Å². The van der Waals surface area contributed by atoms with Crippen LogP contribution in [0.4, 0.5) is 8.78 Å². The molecule has 0 aliphatic carbocycles. The number of hydrogen-bond acceptors (Lipinski definition) is 4. The number of guanidine groups is 1. The van der Waals surface area contributed by atoms with E-state index in [0.717, 1.165) is 30.9 Å². The molecule has 2 fully saturated rings. The van der Waals surface area contributed by atoms with Crippen molar-refractivity contribution < 1.29 is 23.0 Å². The number of ether oxygens (including phenoxy) is 2. The van der Waals surface area contributed by atoms with E-state index in [9.17, 15) is 13.6 Å². The third-order valence-electron chi connectivity index (χ3n) is 5.12. The van der Waals surface area contributed by atoms with Gasteiger partial charge >= 0.3 is 0 Å². The van der Waals surface area contributed by atoms with Crippen LogP contribution in [0.25, 0.3) is 0 Å². The number of nitrogens with zero attached hydrogens (tertiary/aromatic N) is 3. The Labute approximate surface area is 176 Å². The van der Waals surface area contributed by atoms with Gasteiger partial charge in [0.15, 0.2) is 5.96 Å². The van der Waals surface area contributed by atoms with Gasteiger partial charge in [-0.1, -0.05) is 12.1 Å². The average Bonchev–Trinajstić information content (AvgIpc) is 3.30. The van der Waals surface area contributed by atoms with Gasteiger partial charge in [-0.2, -0.15) is 0 Å². The van der Waals surface area contributed by atoms with Gasteiger partial charge < -0.3 is 24.6 Å². The zero-order chi connectivity index (χ0) is 21.3. The smallest absolute Gasteiger partial charge is 0.272 e. The number of piperazine rings is 1. The number of aliphatic imine (C=N–C) groups is 1. The Hall–Kier alpha value is -2.42. The number of nitrogens with one attached hydrogen (secondary N) is 1. The number of carbonyl (C=O) groups is 1. The molecule has 0 aromatic heterocycles. The zero-order valence-electron chi connectivity index (χ0n) is 17.4. The summed E-state index contributed by atoms with van der Waals surface area (Å²) in [6, 6.07) is 7.05. The molecule has 3 rings (SSSR count). The first-order valence-electron chi connectivity index (χ1n) is 10.5.